The van der Waals surface area contributed by atoms with E-state index in [-0.39, 0.29) is 23.8 Å². The van der Waals surface area contributed by atoms with Crippen LogP contribution >= 0.6 is 0 Å². The van der Waals surface area contributed by atoms with Gasteiger partial charge < -0.3 is 15.0 Å². The molecule has 31 heavy (non-hydrogen) atoms. The molecule has 3 aromatic rings. The number of nitrogens with zero attached hydrogens (tertiary/aromatic N) is 1. The van der Waals surface area contributed by atoms with Crippen molar-refractivity contribution in [2.24, 2.45) is 5.92 Å². The molecule has 1 heterocycles. The van der Waals surface area contributed by atoms with Gasteiger partial charge in [0.1, 0.15) is 5.75 Å². The molecule has 2 amide bonds. The molecule has 1 aliphatic rings. The lowest BCUT2D eigenvalue weighted by Crippen LogP contribution is -2.48. The molecule has 5 nitrogen and oxygen atoms in total. The normalized spacial score (nSPS) is 18.5. The third kappa shape index (κ3) is 4.61. The van der Waals surface area contributed by atoms with Gasteiger partial charge in [-0.1, -0.05) is 60.7 Å². The molecule has 1 N–H and O–H groups in total. The van der Waals surface area contributed by atoms with Crippen molar-refractivity contribution in [2.45, 2.75) is 25.4 Å². The highest BCUT2D eigenvalue weighted by Gasteiger charge is 2.41. The Morgan fingerprint density at radius 1 is 0.968 bits per heavy atom. The molecule has 0 spiro atoms. The molecule has 0 radical (unpaired) electrons. The monoisotopic (exact) mass is 414 g/mol. The van der Waals surface area contributed by atoms with E-state index in [1.54, 1.807) is 12.0 Å². The Balaban J connectivity index is 1.65. The number of methoxy groups -OCH3 is 1. The van der Waals surface area contributed by atoms with Gasteiger partial charge in [0.15, 0.2) is 0 Å². The number of benzene rings is 3. The van der Waals surface area contributed by atoms with Crippen molar-refractivity contribution in [2.75, 3.05) is 12.0 Å². The van der Waals surface area contributed by atoms with E-state index in [1.165, 1.54) is 0 Å². The highest BCUT2D eigenvalue weighted by Crippen LogP contribution is 2.40. The lowest BCUT2D eigenvalue weighted by molar-refractivity contribution is -0.129. The van der Waals surface area contributed by atoms with E-state index in [2.05, 4.69) is 5.32 Å². The standard InChI is InChI=1S/C26H26N2O3/c1-31-22-14-12-21(13-15-22)28-24(29)17-16-23(25(28)20-10-6-3-7-11-20)26(30)27-18-19-8-4-2-5-9-19/h2-15,23,25H,16-18H2,1H3,(H,27,30)/t23-,25-/m1/s1. The number of nitrogens with one attached hydrogen (secondary N) is 1. The zero-order valence-electron chi connectivity index (χ0n) is 17.5. The number of piperidine rings is 1. The molecule has 3 aromatic carbocycles. The van der Waals surface area contributed by atoms with Crippen LogP contribution in [0.4, 0.5) is 5.69 Å². The second-order valence-corrected chi connectivity index (χ2v) is 7.67. The van der Waals surface area contributed by atoms with E-state index in [0.29, 0.717) is 19.4 Å². The molecule has 4 rings (SSSR count). The van der Waals surface area contributed by atoms with Gasteiger partial charge >= 0.3 is 0 Å². The van der Waals surface area contributed by atoms with Crippen molar-refractivity contribution < 1.29 is 14.3 Å². The molecule has 158 valence electrons. The van der Waals surface area contributed by atoms with Gasteiger partial charge in [-0.3, -0.25) is 9.59 Å². The Morgan fingerprint density at radius 3 is 2.26 bits per heavy atom. The molecule has 0 unspecified atom stereocenters. The van der Waals surface area contributed by atoms with Crippen LogP contribution in [0, 0.1) is 5.92 Å². The average Bonchev–Trinajstić information content (AvgIpc) is 2.83. The summed E-state index contributed by atoms with van der Waals surface area (Å²) in [6.45, 7) is 0.466. The van der Waals surface area contributed by atoms with Crippen molar-refractivity contribution in [3.63, 3.8) is 0 Å². The Labute approximate surface area is 182 Å². The van der Waals surface area contributed by atoms with Crippen molar-refractivity contribution in [3.05, 3.63) is 96.1 Å². The van der Waals surface area contributed by atoms with Gasteiger partial charge in [0.2, 0.25) is 11.8 Å². The highest BCUT2D eigenvalue weighted by atomic mass is 16.5. The minimum atomic E-state index is -0.369. The van der Waals surface area contributed by atoms with Crippen LogP contribution in [0.15, 0.2) is 84.9 Å². The summed E-state index contributed by atoms with van der Waals surface area (Å²) in [5, 5.41) is 3.08. The number of hydrogen-bond donors (Lipinski definition) is 1. The maximum Gasteiger partial charge on any atom is 0.227 e. The van der Waals surface area contributed by atoms with Crippen molar-refractivity contribution in [3.8, 4) is 5.75 Å². The molecule has 0 bridgehead atoms. The van der Waals surface area contributed by atoms with Gasteiger partial charge in [-0.05, 0) is 41.8 Å². The molecule has 2 atom stereocenters. The van der Waals surface area contributed by atoms with Gasteiger partial charge in [-0.15, -0.1) is 0 Å². The molecule has 5 heteroatoms. The summed E-state index contributed by atoms with van der Waals surface area (Å²) < 4.78 is 5.26. The second-order valence-electron chi connectivity index (χ2n) is 7.67. The number of carbonyl (C=O) groups is 2. The predicted octanol–water partition coefficient (Wildman–Crippen LogP) is 4.50. The maximum atomic E-state index is 13.3. The summed E-state index contributed by atoms with van der Waals surface area (Å²) in [6, 6.07) is 26.7. The average molecular weight is 415 g/mol. The highest BCUT2D eigenvalue weighted by molar-refractivity contribution is 5.97. The molecule has 1 aliphatic heterocycles. The predicted molar refractivity (Wildman–Crippen MR) is 121 cm³/mol. The number of carbonyl (C=O) groups excluding carboxylic acids is 2. The molecule has 0 aromatic heterocycles. The van der Waals surface area contributed by atoms with Gasteiger partial charge in [-0.2, -0.15) is 0 Å². The Morgan fingerprint density at radius 2 is 1.61 bits per heavy atom. The minimum Gasteiger partial charge on any atom is -0.497 e. The summed E-state index contributed by atoms with van der Waals surface area (Å²) in [6.07, 6.45) is 0.852. The van der Waals surface area contributed by atoms with Crippen molar-refractivity contribution in [1.29, 1.82) is 0 Å². The minimum absolute atomic E-state index is 0.0196. The number of rotatable bonds is 6. The van der Waals surface area contributed by atoms with Crippen LogP contribution in [0.2, 0.25) is 0 Å². The number of anilines is 1. The quantitative estimate of drug-likeness (QED) is 0.646. The number of amides is 2. The summed E-state index contributed by atoms with van der Waals surface area (Å²) >= 11 is 0. The van der Waals surface area contributed by atoms with E-state index in [1.807, 2.05) is 84.9 Å². The third-order valence-corrected chi connectivity index (χ3v) is 5.74. The topological polar surface area (TPSA) is 58.6 Å². The SMILES string of the molecule is COc1ccc(N2C(=O)CC[C@@H](C(=O)NCc3ccccc3)[C@H]2c2ccccc2)cc1. The van der Waals surface area contributed by atoms with Crippen LogP contribution < -0.4 is 15.0 Å². The summed E-state index contributed by atoms with van der Waals surface area (Å²) in [5.41, 5.74) is 2.76. The first kappa shape index (κ1) is 20.7. The fourth-order valence-corrected chi connectivity index (χ4v) is 4.16. The van der Waals surface area contributed by atoms with Crippen LogP contribution in [0.1, 0.15) is 30.0 Å². The maximum absolute atomic E-state index is 13.3. The molecular formula is C26H26N2O3. The van der Waals surface area contributed by atoms with E-state index in [9.17, 15) is 9.59 Å². The number of ether oxygens (including phenoxy) is 1. The van der Waals surface area contributed by atoms with Gasteiger partial charge in [0.05, 0.1) is 19.1 Å². The Bertz CT molecular complexity index is 1020. The van der Waals surface area contributed by atoms with Crippen LogP contribution in [0.3, 0.4) is 0 Å². The Hall–Kier alpha value is -3.60. The first-order valence-corrected chi connectivity index (χ1v) is 10.5. The number of hydrogen-bond acceptors (Lipinski definition) is 3. The smallest absolute Gasteiger partial charge is 0.227 e. The molecule has 1 fully saturated rings. The largest absolute Gasteiger partial charge is 0.497 e. The molecule has 0 aliphatic carbocycles. The Kier molecular flexibility index (Phi) is 6.32. The van der Waals surface area contributed by atoms with E-state index in [4.69, 9.17) is 4.74 Å². The van der Waals surface area contributed by atoms with Crippen LogP contribution in [-0.2, 0) is 16.1 Å². The van der Waals surface area contributed by atoms with Crippen LogP contribution in [0.5, 0.6) is 5.75 Å². The zero-order valence-corrected chi connectivity index (χ0v) is 17.5. The van der Waals surface area contributed by atoms with Gasteiger partial charge in [0, 0.05) is 18.7 Å². The second kappa shape index (κ2) is 9.47. The first-order chi connectivity index (χ1) is 15.2. The fraction of sp³-hybridized carbons (Fsp3) is 0.231. The first-order valence-electron chi connectivity index (χ1n) is 10.5. The fourth-order valence-electron chi connectivity index (χ4n) is 4.16. The van der Waals surface area contributed by atoms with E-state index >= 15 is 0 Å². The summed E-state index contributed by atoms with van der Waals surface area (Å²) in [5.74, 6) is 0.363. The van der Waals surface area contributed by atoms with Crippen LogP contribution in [-0.4, -0.2) is 18.9 Å². The summed E-state index contributed by atoms with van der Waals surface area (Å²) in [7, 11) is 1.61. The van der Waals surface area contributed by atoms with Gasteiger partial charge in [-0.25, -0.2) is 0 Å². The van der Waals surface area contributed by atoms with Gasteiger partial charge in [0.25, 0.3) is 0 Å². The lowest BCUT2D eigenvalue weighted by atomic mass is 9.83. The van der Waals surface area contributed by atoms with Crippen LogP contribution in [0.25, 0.3) is 0 Å². The van der Waals surface area contributed by atoms with Crippen molar-refractivity contribution in [1.82, 2.24) is 5.32 Å². The van der Waals surface area contributed by atoms with Crippen molar-refractivity contribution >= 4 is 17.5 Å². The molecular weight excluding hydrogens is 388 g/mol. The lowest BCUT2D eigenvalue weighted by Gasteiger charge is -2.41. The zero-order chi connectivity index (χ0) is 21.6. The summed E-state index contributed by atoms with van der Waals surface area (Å²) in [4.78, 5) is 28.1. The molecule has 0 saturated carbocycles. The molecule has 1 saturated heterocycles. The van der Waals surface area contributed by atoms with E-state index < -0.39 is 0 Å². The van der Waals surface area contributed by atoms with E-state index in [0.717, 1.165) is 22.6 Å². The third-order valence-electron chi connectivity index (χ3n) is 5.74.